The van der Waals surface area contributed by atoms with E-state index >= 15 is 0 Å². The fraction of sp³-hybridized carbons (Fsp3) is 0.306. The van der Waals surface area contributed by atoms with Crippen molar-refractivity contribution in [2.45, 2.75) is 58.4 Å². The molecule has 3 heterocycles. The van der Waals surface area contributed by atoms with Crippen LogP contribution in [-0.2, 0) is 17.3 Å². The van der Waals surface area contributed by atoms with Crippen molar-refractivity contribution < 1.29 is 28.3 Å². The summed E-state index contributed by atoms with van der Waals surface area (Å²) in [6.07, 6.45) is 5.83. The van der Waals surface area contributed by atoms with E-state index in [1.165, 1.54) is 6.07 Å². The Morgan fingerprint density at radius 3 is 2.31 bits per heavy atom. The summed E-state index contributed by atoms with van der Waals surface area (Å²) < 4.78 is 14.1. The first-order valence-corrected chi connectivity index (χ1v) is 16.0. The molecular formula is C36H40N6O6. The van der Waals surface area contributed by atoms with Crippen molar-refractivity contribution in [1.29, 1.82) is 0 Å². The van der Waals surface area contributed by atoms with Gasteiger partial charge in [-0.25, -0.2) is 4.79 Å². The highest BCUT2D eigenvalue weighted by Gasteiger charge is 2.29. The number of nitrogens with zero attached hydrogens (tertiary/aromatic N) is 3. The second-order valence-electron chi connectivity index (χ2n) is 12.0. The van der Waals surface area contributed by atoms with Crippen LogP contribution < -0.4 is 16.0 Å². The predicted molar refractivity (Wildman–Crippen MR) is 182 cm³/mol. The van der Waals surface area contributed by atoms with Crippen molar-refractivity contribution in [1.82, 2.24) is 19.7 Å². The van der Waals surface area contributed by atoms with E-state index in [1.807, 2.05) is 44.2 Å². The van der Waals surface area contributed by atoms with Gasteiger partial charge < -0.3 is 29.7 Å². The number of furan rings is 1. The Balaban J connectivity index is 1.42. The molecule has 250 valence electrons. The summed E-state index contributed by atoms with van der Waals surface area (Å²) >= 11 is 0. The van der Waals surface area contributed by atoms with Crippen LogP contribution in [-0.4, -0.2) is 44.8 Å². The average Bonchev–Trinajstić information content (AvgIpc) is 3.79. The minimum Gasteiger partial charge on any atom is -0.448 e. The minimum absolute atomic E-state index is 0.0104. The van der Waals surface area contributed by atoms with Crippen LogP contribution in [0.3, 0.4) is 0 Å². The highest BCUT2D eigenvalue weighted by Crippen LogP contribution is 2.29. The normalized spacial score (nSPS) is 11.3. The molecule has 48 heavy (non-hydrogen) atoms. The number of carbonyl (C=O) groups excluding carboxylic acids is 4. The third-order valence-electron chi connectivity index (χ3n) is 7.98. The summed E-state index contributed by atoms with van der Waals surface area (Å²) in [6, 6.07) is 20.8. The number of fused-ring (bicyclic) bond motifs is 1. The maximum Gasteiger partial charge on any atom is 0.435 e. The number of ether oxygens (including phenoxy) is 1. The number of hydrogen-bond donors (Lipinski definition) is 3. The summed E-state index contributed by atoms with van der Waals surface area (Å²) in [6.45, 7) is 6.04. The first kappa shape index (κ1) is 33.7. The number of rotatable bonds is 13. The van der Waals surface area contributed by atoms with Gasteiger partial charge >= 0.3 is 6.09 Å². The molecule has 0 aliphatic heterocycles. The Labute approximate surface area is 278 Å². The van der Waals surface area contributed by atoms with Gasteiger partial charge in [0.05, 0.1) is 23.4 Å². The van der Waals surface area contributed by atoms with E-state index in [4.69, 9.17) is 9.15 Å². The van der Waals surface area contributed by atoms with Gasteiger partial charge in [-0.3, -0.25) is 14.4 Å². The summed E-state index contributed by atoms with van der Waals surface area (Å²) in [4.78, 5) is 53.2. The lowest BCUT2D eigenvalue weighted by atomic mass is 9.94. The van der Waals surface area contributed by atoms with Gasteiger partial charge in [-0.15, -0.1) is 5.10 Å². The van der Waals surface area contributed by atoms with Crippen molar-refractivity contribution in [2.75, 3.05) is 17.2 Å². The lowest BCUT2D eigenvalue weighted by molar-refractivity contribution is 0.0884. The average molecular weight is 653 g/mol. The Morgan fingerprint density at radius 2 is 1.58 bits per heavy atom. The molecule has 0 aliphatic carbocycles. The van der Waals surface area contributed by atoms with Crippen LogP contribution in [0.25, 0.3) is 11.1 Å². The van der Waals surface area contributed by atoms with Crippen molar-refractivity contribution in [2.24, 2.45) is 7.05 Å². The van der Waals surface area contributed by atoms with Gasteiger partial charge in [0, 0.05) is 19.3 Å². The van der Waals surface area contributed by atoms with Crippen LogP contribution in [0.5, 0.6) is 0 Å². The van der Waals surface area contributed by atoms with Gasteiger partial charge in [0.25, 0.3) is 17.7 Å². The van der Waals surface area contributed by atoms with Crippen LogP contribution >= 0.6 is 0 Å². The highest BCUT2D eigenvalue weighted by atomic mass is 16.6. The molecule has 0 radical (unpaired) electrons. The number of para-hydroxylation sites is 1. The molecule has 0 bridgehead atoms. The number of unbranched alkanes of at least 4 members (excludes halogenated alkanes) is 4. The summed E-state index contributed by atoms with van der Waals surface area (Å²) in [5, 5.41) is 12.7. The third-order valence-corrected chi connectivity index (χ3v) is 7.98. The molecule has 12 nitrogen and oxygen atoms in total. The molecule has 0 spiro atoms. The van der Waals surface area contributed by atoms with E-state index in [0.29, 0.717) is 12.1 Å². The van der Waals surface area contributed by atoms with Crippen LogP contribution in [0, 0.1) is 0 Å². The standard InChI is InChI=1S/C36H40N6O6/c1-5-6-7-8-14-22-47-35(46)42-28-23-29(34(45)39-36(2,3)24-16-10-9-11-17-24)48-30(28)31(40-42)38-32(43)25-18-12-13-19-26(25)37-33(44)27-20-15-21-41(27)4/h9-13,15-21,23H,5-8,14,22H2,1-4H3,(H,37,44)(H,39,45)(H,38,40,43). The lowest BCUT2D eigenvalue weighted by Crippen LogP contribution is -2.40. The fourth-order valence-electron chi connectivity index (χ4n) is 5.29. The summed E-state index contributed by atoms with van der Waals surface area (Å²) in [7, 11) is 1.74. The Morgan fingerprint density at radius 1 is 0.854 bits per heavy atom. The number of aryl methyl sites for hydroxylation is 1. The number of carbonyl (C=O) groups is 4. The van der Waals surface area contributed by atoms with E-state index < -0.39 is 29.4 Å². The van der Waals surface area contributed by atoms with Crippen LogP contribution in [0.2, 0.25) is 0 Å². The second kappa shape index (κ2) is 14.8. The molecule has 3 amide bonds. The zero-order chi connectivity index (χ0) is 34.3. The van der Waals surface area contributed by atoms with Gasteiger partial charge in [0.1, 0.15) is 11.2 Å². The van der Waals surface area contributed by atoms with E-state index in [1.54, 1.807) is 54.2 Å². The molecule has 0 unspecified atom stereocenters. The van der Waals surface area contributed by atoms with Gasteiger partial charge in [-0.1, -0.05) is 75.1 Å². The maximum absolute atomic E-state index is 13.6. The SMILES string of the molecule is CCCCCCCOC(=O)n1nc(NC(=O)c2ccccc2NC(=O)c2cccn2C)c2oc(C(=O)NC(C)(C)c3ccccc3)cc21. The molecule has 12 heteroatoms. The van der Waals surface area contributed by atoms with Gasteiger partial charge in [-0.05, 0) is 50.1 Å². The summed E-state index contributed by atoms with van der Waals surface area (Å²) in [5.41, 5.74) is 1.12. The smallest absolute Gasteiger partial charge is 0.435 e. The van der Waals surface area contributed by atoms with Gasteiger partial charge in [-0.2, -0.15) is 4.68 Å². The van der Waals surface area contributed by atoms with Crippen LogP contribution in [0.15, 0.2) is 83.4 Å². The number of aromatic nitrogens is 3. The zero-order valence-electron chi connectivity index (χ0n) is 27.5. The Bertz CT molecular complexity index is 1920. The Kier molecular flexibility index (Phi) is 10.4. The molecule has 0 atom stereocenters. The minimum atomic E-state index is -0.774. The largest absolute Gasteiger partial charge is 0.448 e. The number of hydrogen-bond acceptors (Lipinski definition) is 7. The van der Waals surface area contributed by atoms with Crippen LogP contribution in [0.4, 0.5) is 16.3 Å². The molecule has 0 saturated heterocycles. The quantitative estimate of drug-likeness (QED) is 0.115. The molecule has 2 aromatic carbocycles. The van der Waals surface area contributed by atoms with Crippen molar-refractivity contribution in [3.8, 4) is 0 Å². The van der Waals surface area contributed by atoms with Gasteiger partial charge in [0.15, 0.2) is 17.2 Å². The monoisotopic (exact) mass is 652 g/mol. The molecule has 0 fully saturated rings. The second-order valence-corrected chi connectivity index (χ2v) is 12.0. The van der Waals surface area contributed by atoms with E-state index in [0.717, 1.165) is 35.9 Å². The number of benzene rings is 2. The van der Waals surface area contributed by atoms with Gasteiger partial charge in [0.2, 0.25) is 0 Å². The van der Waals surface area contributed by atoms with Crippen molar-refractivity contribution >= 4 is 46.4 Å². The highest BCUT2D eigenvalue weighted by molar-refractivity contribution is 6.14. The van der Waals surface area contributed by atoms with Crippen molar-refractivity contribution in [3.05, 3.63) is 102 Å². The molecule has 0 aliphatic rings. The van der Waals surface area contributed by atoms with E-state index in [2.05, 4.69) is 28.0 Å². The lowest BCUT2D eigenvalue weighted by Gasteiger charge is -2.26. The third kappa shape index (κ3) is 7.65. The molecule has 3 aromatic heterocycles. The fourth-order valence-corrected chi connectivity index (χ4v) is 5.29. The first-order chi connectivity index (χ1) is 23.1. The predicted octanol–water partition coefficient (Wildman–Crippen LogP) is 7.09. The zero-order valence-corrected chi connectivity index (χ0v) is 27.5. The van der Waals surface area contributed by atoms with Crippen molar-refractivity contribution in [3.63, 3.8) is 0 Å². The molecular weight excluding hydrogens is 612 g/mol. The van der Waals surface area contributed by atoms with E-state index in [9.17, 15) is 19.2 Å². The number of amides is 3. The topological polar surface area (TPSA) is 149 Å². The molecule has 0 saturated carbocycles. The maximum atomic E-state index is 13.6. The number of nitrogens with one attached hydrogen (secondary N) is 3. The van der Waals surface area contributed by atoms with E-state index in [-0.39, 0.29) is 40.5 Å². The Hall–Kier alpha value is -5.65. The first-order valence-electron chi connectivity index (χ1n) is 16.0. The molecule has 5 rings (SSSR count). The number of anilines is 2. The molecule has 5 aromatic rings. The van der Waals surface area contributed by atoms with Crippen LogP contribution in [0.1, 0.15) is 89.8 Å². The molecule has 3 N–H and O–H groups in total. The summed E-state index contributed by atoms with van der Waals surface area (Å²) in [5.74, 6) is -1.73.